The molecule has 1 fully saturated rings. The number of hydrogen-bond acceptors (Lipinski definition) is 3. The normalized spacial score (nSPS) is 17.7. The number of hydrogen-bond donors (Lipinski definition) is 0. The highest BCUT2D eigenvalue weighted by atomic mass is 32.2. The van der Waals surface area contributed by atoms with Crippen LogP contribution < -0.4 is 0 Å². The SMILES string of the molecule is CCCC(C)CC(=O)N1CCN(S(=O)(=O)c2cccc(C(F)(F)F)c2)CC1. The predicted molar refractivity (Wildman–Crippen MR) is 95.5 cm³/mol. The summed E-state index contributed by atoms with van der Waals surface area (Å²) in [4.78, 5) is 13.5. The predicted octanol–water partition coefficient (Wildman–Crippen LogP) is 3.36. The van der Waals surface area contributed by atoms with Gasteiger partial charge in [0, 0.05) is 32.6 Å². The van der Waals surface area contributed by atoms with Gasteiger partial charge in [0.25, 0.3) is 0 Å². The number of halogens is 3. The van der Waals surface area contributed by atoms with Gasteiger partial charge in [0.05, 0.1) is 10.5 Å². The molecule has 0 aliphatic carbocycles. The first kappa shape index (κ1) is 21.7. The molecule has 0 radical (unpaired) electrons. The van der Waals surface area contributed by atoms with Crippen LogP contribution >= 0.6 is 0 Å². The number of amides is 1. The van der Waals surface area contributed by atoms with Crippen molar-refractivity contribution in [2.24, 2.45) is 5.92 Å². The summed E-state index contributed by atoms with van der Waals surface area (Å²) >= 11 is 0. The van der Waals surface area contributed by atoms with Crippen molar-refractivity contribution >= 4 is 15.9 Å². The first-order valence-corrected chi connectivity index (χ1v) is 10.4. The van der Waals surface area contributed by atoms with E-state index in [1.54, 1.807) is 4.90 Å². The second-order valence-corrected chi connectivity index (χ2v) is 8.85. The molecule has 1 heterocycles. The molecule has 1 aromatic rings. The van der Waals surface area contributed by atoms with Crippen molar-refractivity contribution in [1.82, 2.24) is 9.21 Å². The van der Waals surface area contributed by atoms with Crippen molar-refractivity contribution in [3.63, 3.8) is 0 Å². The van der Waals surface area contributed by atoms with E-state index in [9.17, 15) is 26.4 Å². The van der Waals surface area contributed by atoms with Crippen LogP contribution in [0.25, 0.3) is 0 Å². The van der Waals surface area contributed by atoms with Crippen LogP contribution in [0.3, 0.4) is 0 Å². The zero-order chi connectivity index (χ0) is 20.2. The molecular formula is C18H25F3N2O3S. The summed E-state index contributed by atoms with van der Waals surface area (Å²) in [6.45, 7) is 4.71. The summed E-state index contributed by atoms with van der Waals surface area (Å²) in [5.74, 6) is 0.265. The maximum atomic E-state index is 12.8. The first-order chi connectivity index (χ1) is 12.6. The lowest BCUT2D eigenvalue weighted by Gasteiger charge is -2.34. The molecule has 1 aliphatic heterocycles. The molecule has 0 N–H and O–H groups in total. The van der Waals surface area contributed by atoms with Crippen molar-refractivity contribution in [2.45, 2.75) is 44.2 Å². The number of carbonyl (C=O) groups is 1. The highest BCUT2D eigenvalue weighted by Gasteiger charge is 2.34. The Labute approximate surface area is 158 Å². The van der Waals surface area contributed by atoms with E-state index in [1.165, 1.54) is 0 Å². The number of sulfonamides is 1. The minimum Gasteiger partial charge on any atom is -0.340 e. The van der Waals surface area contributed by atoms with Crippen LogP contribution in [0, 0.1) is 5.92 Å². The fourth-order valence-electron chi connectivity index (χ4n) is 3.18. The summed E-state index contributed by atoms with van der Waals surface area (Å²) in [5.41, 5.74) is -0.998. The van der Waals surface area contributed by atoms with Crippen LogP contribution in [0.5, 0.6) is 0 Å². The van der Waals surface area contributed by atoms with Gasteiger partial charge in [-0.15, -0.1) is 0 Å². The van der Waals surface area contributed by atoms with E-state index < -0.39 is 21.8 Å². The van der Waals surface area contributed by atoms with Crippen molar-refractivity contribution in [3.8, 4) is 0 Å². The Bertz CT molecular complexity index is 757. The second kappa shape index (κ2) is 8.60. The topological polar surface area (TPSA) is 57.7 Å². The van der Waals surface area contributed by atoms with Gasteiger partial charge in [-0.05, 0) is 24.1 Å². The van der Waals surface area contributed by atoms with E-state index >= 15 is 0 Å². The molecule has 1 amide bonds. The van der Waals surface area contributed by atoms with Gasteiger partial charge in [-0.2, -0.15) is 17.5 Å². The highest BCUT2D eigenvalue weighted by molar-refractivity contribution is 7.89. The van der Waals surface area contributed by atoms with E-state index in [4.69, 9.17) is 0 Å². The molecule has 0 saturated carbocycles. The molecular weight excluding hydrogens is 381 g/mol. The number of nitrogens with zero attached hydrogens (tertiary/aromatic N) is 2. The molecule has 1 saturated heterocycles. The van der Waals surface area contributed by atoms with Crippen LogP contribution in [0.2, 0.25) is 0 Å². The van der Waals surface area contributed by atoms with Crippen LogP contribution in [0.1, 0.15) is 38.7 Å². The van der Waals surface area contributed by atoms with Crippen molar-refractivity contribution in [3.05, 3.63) is 29.8 Å². The van der Waals surface area contributed by atoms with Gasteiger partial charge < -0.3 is 4.90 Å². The van der Waals surface area contributed by atoms with E-state index in [1.807, 2.05) is 6.92 Å². The smallest absolute Gasteiger partial charge is 0.340 e. The summed E-state index contributed by atoms with van der Waals surface area (Å²) in [5, 5.41) is 0. The lowest BCUT2D eigenvalue weighted by Crippen LogP contribution is -2.50. The Morgan fingerprint density at radius 1 is 1.19 bits per heavy atom. The Morgan fingerprint density at radius 2 is 1.81 bits per heavy atom. The van der Waals surface area contributed by atoms with E-state index in [0.29, 0.717) is 12.5 Å². The van der Waals surface area contributed by atoms with Gasteiger partial charge in [-0.3, -0.25) is 4.79 Å². The fraction of sp³-hybridized carbons (Fsp3) is 0.611. The van der Waals surface area contributed by atoms with Gasteiger partial charge in [0.2, 0.25) is 15.9 Å². The quantitative estimate of drug-likeness (QED) is 0.728. The second-order valence-electron chi connectivity index (χ2n) is 6.91. The average molecular weight is 406 g/mol. The minimum absolute atomic E-state index is 0.00735. The van der Waals surface area contributed by atoms with Gasteiger partial charge >= 0.3 is 6.18 Å². The van der Waals surface area contributed by atoms with E-state index in [2.05, 4.69) is 6.92 Å². The number of piperazine rings is 1. The van der Waals surface area contributed by atoms with Gasteiger partial charge in [-0.1, -0.05) is 32.8 Å². The van der Waals surface area contributed by atoms with Crippen molar-refractivity contribution in [2.75, 3.05) is 26.2 Å². The van der Waals surface area contributed by atoms with Crippen molar-refractivity contribution < 1.29 is 26.4 Å². The van der Waals surface area contributed by atoms with Crippen LogP contribution in [0.15, 0.2) is 29.2 Å². The minimum atomic E-state index is -4.61. The third-order valence-electron chi connectivity index (χ3n) is 4.70. The van der Waals surface area contributed by atoms with Crippen LogP contribution in [-0.2, 0) is 21.0 Å². The van der Waals surface area contributed by atoms with Crippen LogP contribution in [0.4, 0.5) is 13.2 Å². The monoisotopic (exact) mass is 406 g/mol. The summed E-state index contributed by atoms with van der Waals surface area (Å²) in [6.07, 6.45) is -2.23. The van der Waals surface area contributed by atoms with E-state index in [0.717, 1.165) is 35.3 Å². The molecule has 2 rings (SSSR count). The zero-order valence-corrected chi connectivity index (χ0v) is 16.3. The standard InChI is InChI=1S/C18H25F3N2O3S/c1-3-5-14(2)12-17(24)22-8-10-23(11-9-22)27(25,26)16-7-4-6-15(13-16)18(19,20)21/h4,6-7,13-14H,3,5,8-12H2,1-2H3. The van der Waals surface area contributed by atoms with Gasteiger partial charge in [0.15, 0.2) is 0 Å². The molecule has 0 aromatic heterocycles. The van der Waals surface area contributed by atoms with Gasteiger partial charge in [0.1, 0.15) is 0 Å². The van der Waals surface area contributed by atoms with E-state index in [-0.39, 0.29) is 42.9 Å². The van der Waals surface area contributed by atoms with Crippen molar-refractivity contribution in [1.29, 1.82) is 0 Å². The Morgan fingerprint density at radius 3 is 2.37 bits per heavy atom. The lowest BCUT2D eigenvalue weighted by atomic mass is 10.0. The molecule has 1 atom stereocenters. The zero-order valence-electron chi connectivity index (χ0n) is 15.5. The maximum absolute atomic E-state index is 12.8. The third kappa shape index (κ3) is 5.44. The first-order valence-electron chi connectivity index (χ1n) is 9.01. The Hall–Kier alpha value is -1.61. The average Bonchev–Trinajstić information content (AvgIpc) is 2.61. The Kier molecular flexibility index (Phi) is 6.91. The fourth-order valence-corrected chi connectivity index (χ4v) is 4.65. The summed E-state index contributed by atoms with van der Waals surface area (Å²) < 4.78 is 65.0. The molecule has 152 valence electrons. The molecule has 1 aromatic carbocycles. The number of benzene rings is 1. The largest absolute Gasteiger partial charge is 0.416 e. The summed E-state index contributed by atoms with van der Waals surface area (Å²) in [7, 11) is -4.03. The Balaban J connectivity index is 2.04. The molecule has 5 nitrogen and oxygen atoms in total. The number of rotatable bonds is 6. The lowest BCUT2D eigenvalue weighted by molar-refractivity contribution is -0.137. The highest BCUT2D eigenvalue weighted by Crippen LogP contribution is 2.31. The number of alkyl halides is 3. The third-order valence-corrected chi connectivity index (χ3v) is 6.59. The molecule has 0 bridgehead atoms. The molecule has 27 heavy (non-hydrogen) atoms. The molecule has 9 heteroatoms. The summed E-state index contributed by atoms with van der Waals surface area (Å²) in [6, 6.07) is 3.74. The molecule has 1 aliphatic rings. The molecule has 0 spiro atoms. The maximum Gasteiger partial charge on any atom is 0.416 e. The molecule has 1 unspecified atom stereocenters. The van der Waals surface area contributed by atoms with Crippen LogP contribution in [-0.4, -0.2) is 49.7 Å². The van der Waals surface area contributed by atoms with Gasteiger partial charge in [-0.25, -0.2) is 8.42 Å². The number of carbonyl (C=O) groups excluding carboxylic acids is 1.